The zero-order valence-electron chi connectivity index (χ0n) is 10.7. The Morgan fingerprint density at radius 3 is 2.76 bits per heavy atom. The van der Waals surface area contributed by atoms with Gasteiger partial charge in [-0.25, -0.2) is 9.78 Å². The van der Waals surface area contributed by atoms with Crippen LogP contribution in [0.3, 0.4) is 0 Å². The average molecular weight is 291 g/mol. The molecule has 2 rings (SSSR count). The minimum atomic E-state index is -1.43. The molecule has 0 spiro atoms. The smallest absolute Gasteiger partial charge is 0.342 e. The summed E-state index contributed by atoms with van der Waals surface area (Å²) in [6.07, 6.45) is 1.39. The monoisotopic (exact) mass is 291 g/mol. The standard InChI is InChI=1S/C12H9N3O6/c1-20-10-4-5-13-12(14-10)21-7-2-3-9(15(18)19)8(6-7)11(16)17/h2-6H,1H3,(H,16,17). The fraction of sp³-hybridized carbons (Fsp3) is 0.0833. The number of aromatic nitrogens is 2. The molecule has 0 radical (unpaired) electrons. The maximum atomic E-state index is 11.0. The van der Waals surface area contributed by atoms with Crippen LogP contribution in [0.25, 0.3) is 0 Å². The molecular weight excluding hydrogens is 282 g/mol. The molecule has 21 heavy (non-hydrogen) atoms. The lowest BCUT2D eigenvalue weighted by molar-refractivity contribution is -0.385. The van der Waals surface area contributed by atoms with Crippen molar-refractivity contribution in [3.8, 4) is 17.6 Å². The maximum absolute atomic E-state index is 11.0. The Hall–Kier alpha value is -3.23. The number of hydrogen-bond acceptors (Lipinski definition) is 7. The van der Waals surface area contributed by atoms with E-state index in [2.05, 4.69) is 9.97 Å². The molecule has 0 unspecified atom stereocenters. The number of hydrogen-bond donors (Lipinski definition) is 1. The van der Waals surface area contributed by atoms with Gasteiger partial charge < -0.3 is 14.6 Å². The van der Waals surface area contributed by atoms with Crippen LogP contribution in [0.15, 0.2) is 30.5 Å². The van der Waals surface area contributed by atoms with Crippen LogP contribution >= 0.6 is 0 Å². The lowest BCUT2D eigenvalue weighted by Gasteiger charge is -2.06. The van der Waals surface area contributed by atoms with Gasteiger partial charge in [-0.3, -0.25) is 10.1 Å². The molecule has 1 heterocycles. The van der Waals surface area contributed by atoms with E-state index in [1.807, 2.05) is 0 Å². The summed E-state index contributed by atoms with van der Waals surface area (Å²) in [4.78, 5) is 28.7. The Kier molecular flexibility index (Phi) is 3.93. The molecule has 0 amide bonds. The van der Waals surface area contributed by atoms with Crippen molar-refractivity contribution in [1.29, 1.82) is 0 Å². The molecule has 1 N–H and O–H groups in total. The second-order valence-electron chi connectivity index (χ2n) is 3.72. The third kappa shape index (κ3) is 3.21. The topological polar surface area (TPSA) is 125 Å². The number of carboxylic acids is 1. The number of nitrogens with zero attached hydrogens (tertiary/aromatic N) is 3. The zero-order chi connectivity index (χ0) is 15.4. The van der Waals surface area contributed by atoms with Gasteiger partial charge >= 0.3 is 12.0 Å². The molecule has 1 aromatic heterocycles. The van der Waals surface area contributed by atoms with Crippen LogP contribution in [0.4, 0.5) is 5.69 Å². The highest BCUT2D eigenvalue weighted by atomic mass is 16.6. The fourth-order valence-electron chi connectivity index (χ4n) is 1.50. The summed E-state index contributed by atoms with van der Waals surface area (Å²) in [7, 11) is 1.42. The Morgan fingerprint density at radius 1 is 1.38 bits per heavy atom. The largest absolute Gasteiger partial charge is 0.481 e. The van der Waals surface area contributed by atoms with Gasteiger partial charge in [0.05, 0.1) is 12.0 Å². The molecular formula is C12H9N3O6. The van der Waals surface area contributed by atoms with Crippen molar-refractivity contribution >= 4 is 11.7 Å². The highest BCUT2D eigenvalue weighted by Crippen LogP contribution is 2.26. The van der Waals surface area contributed by atoms with Gasteiger partial charge in [-0.1, -0.05) is 0 Å². The van der Waals surface area contributed by atoms with Gasteiger partial charge in [0.15, 0.2) is 0 Å². The van der Waals surface area contributed by atoms with Gasteiger partial charge in [0.1, 0.15) is 11.3 Å². The lowest BCUT2D eigenvalue weighted by Crippen LogP contribution is -2.03. The first-order chi connectivity index (χ1) is 10.0. The first-order valence-electron chi connectivity index (χ1n) is 5.58. The number of methoxy groups -OCH3 is 1. The predicted molar refractivity (Wildman–Crippen MR) is 68.7 cm³/mol. The highest BCUT2D eigenvalue weighted by Gasteiger charge is 2.20. The second-order valence-corrected chi connectivity index (χ2v) is 3.72. The van der Waals surface area contributed by atoms with Crippen LogP contribution in [0, 0.1) is 10.1 Å². The molecule has 9 nitrogen and oxygen atoms in total. The molecule has 0 fully saturated rings. The zero-order valence-corrected chi connectivity index (χ0v) is 10.7. The summed E-state index contributed by atoms with van der Waals surface area (Å²) in [5.74, 6) is -1.11. The van der Waals surface area contributed by atoms with E-state index in [1.54, 1.807) is 0 Å². The number of nitro groups is 1. The number of carbonyl (C=O) groups is 1. The summed E-state index contributed by atoms with van der Waals surface area (Å²) < 4.78 is 10.1. The van der Waals surface area contributed by atoms with Crippen LogP contribution in [-0.4, -0.2) is 33.1 Å². The van der Waals surface area contributed by atoms with E-state index in [0.29, 0.717) is 0 Å². The van der Waals surface area contributed by atoms with Crippen molar-refractivity contribution in [3.05, 3.63) is 46.1 Å². The molecule has 1 aromatic carbocycles. The van der Waals surface area contributed by atoms with Crippen LogP contribution in [-0.2, 0) is 0 Å². The van der Waals surface area contributed by atoms with Gasteiger partial charge in [0.25, 0.3) is 5.69 Å². The molecule has 0 bridgehead atoms. The Balaban J connectivity index is 2.34. The number of benzene rings is 1. The van der Waals surface area contributed by atoms with Crippen LogP contribution < -0.4 is 9.47 Å². The summed E-state index contributed by atoms with van der Waals surface area (Å²) in [5.41, 5.74) is -1.01. The number of carboxylic acid groups (broad SMARTS) is 1. The van der Waals surface area contributed by atoms with Gasteiger partial charge in [-0.05, 0) is 6.07 Å². The van der Waals surface area contributed by atoms with Gasteiger partial charge in [0, 0.05) is 24.4 Å². The third-order valence-corrected chi connectivity index (χ3v) is 2.42. The molecule has 0 atom stereocenters. The van der Waals surface area contributed by atoms with E-state index < -0.39 is 22.1 Å². The van der Waals surface area contributed by atoms with Crippen molar-refractivity contribution < 1.29 is 24.3 Å². The molecule has 2 aromatic rings. The average Bonchev–Trinajstić information content (AvgIpc) is 2.47. The molecule has 0 saturated carbocycles. The van der Waals surface area contributed by atoms with Crippen molar-refractivity contribution in [2.75, 3.05) is 7.11 Å². The van der Waals surface area contributed by atoms with Crippen LogP contribution in [0.1, 0.15) is 10.4 Å². The number of nitro benzene ring substituents is 1. The van der Waals surface area contributed by atoms with Crippen molar-refractivity contribution in [3.63, 3.8) is 0 Å². The Bertz CT molecular complexity index is 703. The predicted octanol–water partition coefficient (Wildman–Crippen LogP) is 1.88. The number of rotatable bonds is 5. The lowest BCUT2D eigenvalue weighted by atomic mass is 10.2. The maximum Gasteiger partial charge on any atom is 0.342 e. The first-order valence-corrected chi connectivity index (χ1v) is 5.58. The first kappa shape index (κ1) is 14.2. The molecule has 0 aliphatic heterocycles. The van der Waals surface area contributed by atoms with Crippen molar-refractivity contribution in [1.82, 2.24) is 9.97 Å². The third-order valence-electron chi connectivity index (χ3n) is 2.42. The minimum absolute atomic E-state index is 0.0613. The number of aromatic carboxylic acids is 1. The van der Waals surface area contributed by atoms with E-state index >= 15 is 0 Å². The van der Waals surface area contributed by atoms with E-state index in [0.717, 1.165) is 12.1 Å². The van der Waals surface area contributed by atoms with Crippen LogP contribution in [0.5, 0.6) is 17.6 Å². The van der Waals surface area contributed by atoms with E-state index in [-0.39, 0.29) is 17.6 Å². The summed E-state index contributed by atoms with van der Waals surface area (Å²) in [6, 6.07) is 4.76. The summed E-state index contributed by atoms with van der Waals surface area (Å²) >= 11 is 0. The van der Waals surface area contributed by atoms with E-state index in [4.69, 9.17) is 14.6 Å². The molecule has 0 saturated heterocycles. The summed E-state index contributed by atoms with van der Waals surface area (Å²) in [5, 5.41) is 19.7. The highest BCUT2D eigenvalue weighted by molar-refractivity contribution is 5.92. The molecule has 108 valence electrons. The fourth-order valence-corrected chi connectivity index (χ4v) is 1.50. The minimum Gasteiger partial charge on any atom is -0.481 e. The SMILES string of the molecule is COc1ccnc(Oc2ccc([N+](=O)[O-])c(C(=O)O)c2)n1. The normalized spacial score (nSPS) is 9.95. The quantitative estimate of drug-likeness (QED) is 0.653. The van der Waals surface area contributed by atoms with Gasteiger partial charge in [-0.2, -0.15) is 4.98 Å². The Morgan fingerprint density at radius 2 is 2.14 bits per heavy atom. The van der Waals surface area contributed by atoms with E-state index in [1.165, 1.54) is 25.4 Å². The second kappa shape index (κ2) is 5.82. The molecule has 0 aliphatic rings. The van der Waals surface area contributed by atoms with Crippen molar-refractivity contribution in [2.45, 2.75) is 0 Å². The van der Waals surface area contributed by atoms with Gasteiger partial charge in [-0.15, -0.1) is 0 Å². The van der Waals surface area contributed by atoms with E-state index in [9.17, 15) is 14.9 Å². The van der Waals surface area contributed by atoms with Gasteiger partial charge in [0.2, 0.25) is 5.88 Å². The Labute approximate surface area is 117 Å². The van der Waals surface area contributed by atoms with Crippen molar-refractivity contribution in [2.24, 2.45) is 0 Å². The number of ether oxygens (including phenoxy) is 2. The summed E-state index contributed by atoms with van der Waals surface area (Å²) in [6.45, 7) is 0. The van der Waals surface area contributed by atoms with Crippen LogP contribution in [0.2, 0.25) is 0 Å². The molecule has 0 aliphatic carbocycles. The molecule has 9 heteroatoms.